The van der Waals surface area contributed by atoms with Gasteiger partial charge < -0.3 is 9.26 Å². The van der Waals surface area contributed by atoms with Gasteiger partial charge in [-0.1, -0.05) is 41.6 Å². The summed E-state index contributed by atoms with van der Waals surface area (Å²) in [4.78, 5) is 41.3. The van der Waals surface area contributed by atoms with E-state index in [9.17, 15) is 9.59 Å². The van der Waals surface area contributed by atoms with Crippen molar-refractivity contribution in [3.05, 3.63) is 76.8 Å². The lowest BCUT2D eigenvalue weighted by molar-refractivity contribution is -0.135. The standard InChI is InChI=1S/C20H18ClN5O5S/c1-2-8-30-26(19(21)27)14-9-25(20(28)29-10-13-6-4-3-5-7-13)16(18-22-11-24-31-18)15-17(14)32-12-23-15/h2-7,11-12,14,16H,1,8-10H2. The molecule has 0 aliphatic carbocycles. The Morgan fingerprint density at radius 1 is 1.34 bits per heavy atom. The van der Waals surface area contributed by atoms with Crippen molar-refractivity contribution in [2.75, 3.05) is 13.2 Å². The minimum Gasteiger partial charge on any atom is -0.445 e. The third-order valence-corrected chi connectivity index (χ3v) is 5.82. The molecule has 1 aromatic carbocycles. The highest BCUT2D eigenvalue weighted by Gasteiger charge is 2.45. The number of ether oxygens (including phenoxy) is 1. The molecule has 0 bridgehead atoms. The van der Waals surface area contributed by atoms with E-state index in [0.717, 1.165) is 10.6 Å². The summed E-state index contributed by atoms with van der Waals surface area (Å²) in [5.74, 6) is 0.169. The van der Waals surface area contributed by atoms with Crippen molar-refractivity contribution in [2.45, 2.75) is 18.7 Å². The second-order valence-electron chi connectivity index (χ2n) is 6.66. The fourth-order valence-electron chi connectivity index (χ4n) is 3.35. The third kappa shape index (κ3) is 4.49. The highest BCUT2D eigenvalue weighted by atomic mass is 35.5. The summed E-state index contributed by atoms with van der Waals surface area (Å²) in [6.45, 7) is 3.70. The second kappa shape index (κ2) is 9.90. The molecule has 0 radical (unpaired) electrons. The quantitative estimate of drug-likeness (QED) is 0.217. The van der Waals surface area contributed by atoms with Gasteiger partial charge in [0, 0.05) is 0 Å². The summed E-state index contributed by atoms with van der Waals surface area (Å²) in [7, 11) is 0. The lowest BCUT2D eigenvalue weighted by Crippen LogP contribution is -2.47. The van der Waals surface area contributed by atoms with Crippen molar-refractivity contribution < 1.29 is 23.7 Å². The molecule has 10 nitrogen and oxygen atoms in total. The number of nitrogens with zero attached hydrogens (tertiary/aromatic N) is 5. The molecule has 0 spiro atoms. The topological polar surface area (TPSA) is 111 Å². The van der Waals surface area contributed by atoms with E-state index < -0.39 is 23.5 Å². The zero-order valence-electron chi connectivity index (χ0n) is 16.7. The zero-order valence-corrected chi connectivity index (χ0v) is 18.2. The Kier molecular flexibility index (Phi) is 6.78. The van der Waals surface area contributed by atoms with Crippen LogP contribution in [0.5, 0.6) is 0 Å². The maximum absolute atomic E-state index is 13.2. The molecule has 3 heterocycles. The van der Waals surface area contributed by atoms with E-state index in [0.29, 0.717) is 10.6 Å². The number of rotatable bonds is 7. The number of hydrogen-bond acceptors (Lipinski definition) is 9. The minimum atomic E-state index is -0.843. The third-order valence-electron chi connectivity index (χ3n) is 4.71. The molecule has 166 valence electrons. The van der Waals surface area contributed by atoms with Crippen LogP contribution >= 0.6 is 22.9 Å². The Morgan fingerprint density at radius 3 is 2.84 bits per heavy atom. The molecule has 0 saturated heterocycles. The molecule has 0 N–H and O–H groups in total. The summed E-state index contributed by atoms with van der Waals surface area (Å²) < 4.78 is 10.8. The van der Waals surface area contributed by atoms with Gasteiger partial charge in [-0.25, -0.2) is 9.78 Å². The number of fused-ring (bicyclic) bond motifs is 1. The number of hydroxylamine groups is 2. The summed E-state index contributed by atoms with van der Waals surface area (Å²) in [6, 6.07) is 7.76. The van der Waals surface area contributed by atoms with Crippen LogP contribution in [0.2, 0.25) is 0 Å². The van der Waals surface area contributed by atoms with Gasteiger partial charge >= 0.3 is 11.5 Å². The molecule has 2 aromatic heterocycles. The maximum Gasteiger partial charge on any atom is 0.411 e. The average molecular weight is 476 g/mol. The van der Waals surface area contributed by atoms with Gasteiger partial charge in [0.2, 0.25) is 0 Å². The molecule has 1 aliphatic rings. The molecular weight excluding hydrogens is 458 g/mol. The molecule has 3 aromatic rings. The normalized spacial score (nSPS) is 17.5. The van der Waals surface area contributed by atoms with E-state index in [1.165, 1.54) is 28.6 Å². The summed E-state index contributed by atoms with van der Waals surface area (Å²) >= 11 is 7.09. The van der Waals surface area contributed by atoms with Gasteiger partial charge in [0.1, 0.15) is 12.6 Å². The number of halogens is 1. The highest BCUT2D eigenvalue weighted by molar-refractivity contribution is 7.09. The lowest BCUT2D eigenvalue weighted by Gasteiger charge is -2.39. The monoisotopic (exact) mass is 475 g/mol. The molecule has 2 amide bonds. The number of carbonyl (C=O) groups is 2. The van der Waals surface area contributed by atoms with Crippen molar-refractivity contribution >= 4 is 34.4 Å². The SMILES string of the molecule is C=CCON(C(=O)Cl)C1CN(C(=O)OCc2ccccc2)C(c2ncno2)c2ncsc21. The predicted molar refractivity (Wildman–Crippen MR) is 114 cm³/mol. The number of benzene rings is 1. The van der Waals surface area contributed by atoms with Gasteiger partial charge in [0.25, 0.3) is 5.89 Å². The fraction of sp³-hybridized carbons (Fsp3) is 0.250. The first-order valence-corrected chi connectivity index (χ1v) is 10.8. The van der Waals surface area contributed by atoms with E-state index >= 15 is 0 Å². The van der Waals surface area contributed by atoms with Crippen molar-refractivity contribution in [3.8, 4) is 0 Å². The first-order valence-electron chi connectivity index (χ1n) is 9.49. The van der Waals surface area contributed by atoms with E-state index in [2.05, 4.69) is 21.7 Å². The molecule has 2 unspecified atom stereocenters. The van der Waals surface area contributed by atoms with E-state index in [1.54, 1.807) is 5.51 Å². The number of thiazole rings is 1. The van der Waals surface area contributed by atoms with Crippen LogP contribution in [0.25, 0.3) is 0 Å². The summed E-state index contributed by atoms with van der Waals surface area (Å²) in [5, 5.41) is 3.81. The van der Waals surface area contributed by atoms with Crippen molar-refractivity contribution in [1.29, 1.82) is 0 Å². The van der Waals surface area contributed by atoms with E-state index in [-0.39, 0.29) is 25.6 Å². The van der Waals surface area contributed by atoms with Crippen LogP contribution in [0.15, 0.2) is 59.3 Å². The van der Waals surface area contributed by atoms with Gasteiger partial charge in [-0.05, 0) is 17.2 Å². The smallest absolute Gasteiger partial charge is 0.411 e. The lowest BCUT2D eigenvalue weighted by atomic mass is 10.0. The Labute approximate surface area is 192 Å². The fourth-order valence-corrected chi connectivity index (χ4v) is 4.41. The van der Waals surface area contributed by atoms with E-state index in [1.807, 2.05) is 30.3 Å². The molecule has 1 aliphatic heterocycles. The summed E-state index contributed by atoms with van der Waals surface area (Å²) in [5.41, 5.74) is 2.90. The van der Waals surface area contributed by atoms with E-state index in [4.69, 9.17) is 25.7 Å². The Morgan fingerprint density at radius 2 is 2.16 bits per heavy atom. The van der Waals surface area contributed by atoms with Gasteiger partial charge in [-0.15, -0.1) is 17.9 Å². The Bertz CT molecular complexity index is 1080. The van der Waals surface area contributed by atoms with Crippen LogP contribution < -0.4 is 0 Å². The molecule has 0 fully saturated rings. The number of hydrogen-bond donors (Lipinski definition) is 0. The Hall–Kier alpha value is -3.28. The van der Waals surface area contributed by atoms with Crippen molar-refractivity contribution in [2.24, 2.45) is 0 Å². The molecule has 32 heavy (non-hydrogen) atoms. The van der Waals surface area contributed by atoms with Crippen LogP contribution in [0, 0.1) is 0 Å². The number of aromatic nitrogens is 3. The zero-order chi connectivity index (χ0) is 22.5. The van der Waals surface area contributed by atoms with Crippen molar-refractivity contribution in [3.63, 3.8) is 0 Å². The van der Waals surface area contributed by atoms with Crippen LogP contribution in [-0.2, 0) is 16.2 Å². The molecular formula is C20H18ClN5O5S. The molecule has 0 saturated carbocycles. The summed E-state index contributed by atoms with van der Waals surface area (Å²) in [6.07, 6.45) is 2.07. The average Bonchev–Trinajstić information content (AvgIpc) is 3.50. The largest absolute Gasteiger partial charge is 0.445 e. The van der Waals surface area contributed by atoms with Gasteiger partial charge in [-0.3, -0.25) is 14.5 Å². The predicted octanol–water partition coefficient (Wildman–Crippen LogP) is 4.09. The van der Waals surface area contributed by atoms with Gasteiger partial charge in [0.15, 0.2) is 12.4 Å². The first kappa shape index (κ1) is 21.9. The molecule has 4 rings (SSSR count). The van der Waals surface area contributed by atoms with Crippen LogP contribution in [0.3, 0.4) is 0 Å². The van der Waals surface area contributed by atoms with Crippen molar-refractivity contribution in [1.82, 2.24) is 25.1 Å². The first-order chi connectivity index (χ1) is 15.6. The number of amides is 2. The maximum atomic E-state index is 13.2. The molecule has 2 atom stereocenters. The van der Waals surface area contributed by atoms with Crippen LogP contribution in [-0.4, -0.2) is 49.7 Å². The minimum absolute atomic E-state index is 0.00542. The molecule has 12 heteroatoms. The Balaban J connectivity index is 1.67. The van der Waals surface area contributed by atoms with Gasteiger partial charge in [0.05, 0.1) is 29.2 Å². The van der Waals surface area contributed by atoms with Crippen LogP contribution in [0.1, 0.15) is 34.1 Å². The number of carbonyl (C=O) groups excluding carboxylic acids is 2. The van der Waals surface area contributed by atoms with Gasteiger partial charge in [-0.2, -0.15) is 10.0 Å². The van der Waals surface area contributed by atoms with Crippen LogP contribution in [0.4, 0.5) is 9.59 Å². The second-order valence-corrected chi connectivity index (χ2v) is 7.87. The highest BCUT2D eigenvalue weighted by Crippen LogP contribution is 2.42.